The minimum absolute atomic E-state index is 0.105. The monoisotopic (exact) mass is 404 g/mol. The maximum atomic E-state index is 12.9. The molecule has 1 saturated heterocycles. The number of hydrogen-bond donors (Lipinski definition) is 0. The maximum absolute atomic E-state index is 12.9. The lowest BCUT2D eigenvalue weighted by atomic mass is 10.0. The summed E-state index contributed by atoms with van der Waals surface area (Å²) in [5.41, 5.74) is 6.25. The van der Waals surface area contributed by atoms with Crippen molar-refractivity contribution in [2.24, 2.45) is 0 Å². The molecule has 0 unspecified atom stereocenters. The fourth-order valence-corrected chi connectivity index (χ4v) is 3.91. The number of carbonyl (C=O) groups is 1. The summed E-state index contributed by atoms with van der Waals surface area (Å²) in [6.45, 7) is 13.0. The summed E-state index contributed by atoms with van der Waals surface area (Å²) < 4.78 is 1.84. The van der Waals surface area contributed by atoms with Crippen LogP contribution >= 0.6 is 0 Å². The highest BCUT2D eigenvalue weighted by molar-refractivity contribution is 5.95. The standard InChI is InChI=1S/C23H28N6O/c1-15-6-7-20(16(2)14-15)23(30)28-12-10-27(11-13-28)21-8-9-22(25-24-21)29-19(5)17(3)18(4)26-29/h6-9,14H,10-13H2,1-5H3. The highest BCUT2D eigenvalue weighted by Gasteiger charge is 2.24. The largest absolute Gasteiger partial charge is 0.352 e. The number of aryl methyl sites for hydroxylation is 3. The van der Waals surface area contributed by atoms with Gasteiger partial charge in [0.15, 0.2) is 11.6 Å². The van der Waals surface area contributed by atoms with Crippen molar-refractivity contribution in [2.45, 2.75) is 34.6 Å². The van der Waals surface area contributed by atoms with E-state index < -0.39 is 0 Å². The van der Waals surface area contributed by atoms with Crippen LogP contribution in [0.4, 0.5) is 5.82 Å². The molecular formula is C23H28N6O. The van der Waals surface area contributed by atoms with Crippen LogP contribution in [0.5, 0.6) is 0 Å². The lowest BCUT2D eigenvalue weighted by Gasteiger charge is -2.35. The van der Waals surface area contributed by atoms with Gasteiger partial charge in [0.2, 0.25) is 0 Å². The molecule has 0 N–H and O–H groups in total. The molecule has 1 amide bonds. The van der Waals surface area contributed by atoms with Crippen LogP contribution in [-0.4, -0.2) is 57.0 Å². The van der Waals surface area contributed by atoms with Crippen LogP contribution in [0.1, 0.15) is 38.4 Å². The molecule has 156 valence electrons. The highest BCUT2D eigenvalue weighted by atomic mass is 16.2. The van der Waals surface area contributed by atoms with E-state index in [1.807, 2.05) is 61.5 Å². The van der Waals surface area contributed by atoms with Crippen molar-refractivity contribution >= 4 is 11.7 Å². The summed E-state index contributed by atoms with van der Waals surface area (Å²) in [6, 6.07) is 9.93. The topological polar surface area (TPSA) is 67.2 Å². The van der Waals surface area contributed by atoms with Gasteiger partial charge >= 0.3 is 0 Å². The molecule has 3 aromatic rings. The van der Waals surface area contributed by atoms with Crippen molar-refractivity contribution in [1.82, 2.24) is 24.9 Å². The minimum Gasteiger partial charge on any atom is -0.352 e. The van der Waals surface area contributed by atoms with Gasteiger partial charge < -0.3 is 9.80 Å². The Balaban J connectivity index is 1.43. The van der Waals surface area contributed by atoms with Gasteiger partial charge in [0.25, 0.3) is 5.91 Å². The Bertz CT molecular complexity index is 1080. The smallest absolute Gasteiger partial charge is 0.254 e. The lowest BCUT2D eigenvalue weighted by molar-refractivity contribution is 0.0745. The summed E-state index contributed by atoms with van der Waals surface area (Å²) >= 11 is 0. The fourth-order valence-electron chi connectivity index (χ4n) is 3.91. The molecule has 0 spiro atoms. The second-order valence-electron chi connectivity index (χ2n) is 8.05. The third-order valence-electron chi connectivity index (χ3n) is 6.01. The lowest BCUT2D eigenvalue weighted by Crippen LogP contribution is -2.49. The number of carbonyl (C=O) groups excluding carboxylic acids is 1. The molecule has 1 aliphatic heterocycles. The first-order valence-corrected chi connectivity index (χ1v) is 10.3. The van der Waals surface area contributed by atoms with Crippen LogP contribution in [-0.2, 0) is 0 Å². The Morgan fingerprint density at radius 3 is 2.10 bits per heavy atom. The Kier molecular flexibility index (Phi) is 5.28. The van der Waals surface area contributed by atoms with Gasteiger partial charge in [0.05, 0.1) is 5.69 Å². The molecule has 7 heteroatoms. The Hall–Kier alpha value is -3.22. The van der Waals surface area contributed by atoms with Gasteiger partial charge in [-0.3, -0.25) is 4.79 Å². The summed E-state index contributed by atoms with van der Waals surface area (Å²) in [7, 11) is 0. The zero-order valence-corrected chi connectivity index (χ0v) is 18.3. The summed E-state index contributed by atoms with van der Waals surface area (Å²) in [5.74, 6) is 1.65. The number of benzene rings is 1. The molecule has 0 bridgehead atoms. The summed E-state index contributed by atoms with van der Waals surface area (Å²) in [5, 5.41) is 13.4. The van der Waals surface area contributed by atoms with E-state index in [9.17, 15) is 4.79 Å². The van der Waals surface area contributed by atoms with Crippen LogP contribution in [0.15, 0.2) is 30.3 Å². The van der Waals surface area contributed by atoms with Gasteiger partial charge in [-0.2, -0.15) is 5.10 Å². The van der Waals surface area contributed by atoms with Crippen molar-refractivity contribution in [3.63, 3.8) is 0 Å². The molecule has 0 saturated carbocycles. The normalized spacial score (nSPS) is 14.3. The highest BCUT2D eigenvalue weighted by Crippen LogP contribution is 2.19. The number of rotatable bonds is 3. The first-order chi connectivity index (χ1) is 14.3. The predicted molar refractivity (Wildman–Crippen MR) is 117 cm³/mol. The average Bonchev–Trinajstić information content (AvgIpc) is 3.01. The van der Waals surface area contributed by atoms with Gasteiger partial charge in [-0.25, -0.2) is 4.68 Å². The Morgan fingerprint density at radius 1 is 0.867 bits per heavy atom. The SMILES string of the molecule is Cc1ccc(C(=O)N2CCN(c3ccc(-n4nc(C)c(C)c4C)nn3)CC2)c(C)c1. The van der Waals surface area contributed by atoms with Crippen LogP contribution in [0.2, 0.25) is 0 Å². The van der Waals surface area contributed by atoms with E-state index in [1.54, 1.807) is 0 Å². The van der Waals surface area contributed by atoms with E-state index in [-0.39, 0.29) is 5.91 Å². The number of amides is 1. The molecule has 1 fully saturated rings. The zero-order chi connectivity index (χ0) is 21.4. The Morgan fingerprint density at radius 2 is 1.53 bits per heavy atom. The first kappa shape index (κ1) is 20.1. The van der Waals surface area contributed by atoms with Crippen molar-refractivity contribution in [2.75, 3.05) is 31.1 Å². The number of aromatic nitrogens is 4. The predicted octanol–water partition coefficient (Wildman–Crippen LogP) is 3.17. The molecule has 3 heterocycles. The van der Waals surface area contributed by atoms with Crippen molar-refractivity contribution in [3.05, 3.63) is 64.0 Å². The molecular weight excluding hydrogens is 376 g/mol. The van der Waals surface area contributed by atoms with Crippen molar-refractivity contribution in [3.8, 4) is 5.82 Å². The van der Waals surface area contributed by atoms with Gasteiger partial charge in [-0.05, 0) is 63.9 Å². The van der Waals surface area contributed by atoms with Crippen molar-refractivity contribution < 1.29 is 4.79 Å². The molecule has 30 heavy (non-hydrogen) atoms. The summed E-state index contributed by atoms with van der Waals surface area (Å²) in [4.78, 5) is 17.0. The number of hydrogen-bond acceptors (Lipinski definition) is 5. The zero-order valence-electron chi connectivity index (χ0n) is 18.3. The van der Waals surface area contributed by atoms with Crippen LogP contribution in [0.25, 0.3) is 5.82 Å². The fraction of sp³-hybridized carbons (Fsp3) is 0.391. The van der Waals surface area contributed by atoms with E-state index in [1.165, 1.54) is 11.1 Å². The van der Waals surface area contributed by atoms with E-state index in [0.717, 1.165) is 47.2 Å². The molecule has 0 radical (unpaired) electrons. The van der Waals surface area contributed by atoms with Crippen LogP contribution < -0.4 is 4.90 Å². The third kappa shape index (κ3) is 3.67. The number of piperazine rings is 1. The van der Waals surface area contributed by atoms with Crippen molar-refractivity contribution in [1.29, 1.82) is 0 Å². The van der Waals surface area contributed by atoms with E-state index in [4.69, 9.17) is 0 Å². The van der Waals surface area contributed by atoms with Gasteiger partial charge in [-0.1, -0.05) is 17.7 Å². The molecule has 1 aromatic carbocycles. The number of nitrogens with zero attached hydrogens (tertiary/aromatic N) is 6. The summed E-state index contributed by atoms with van der Waals surface area (Å²) in [6.07, 6.45) is 0. The molecule has 0 atom stereocenters. The number of anilines is 1. The third-order valence-corrected chi connectivity index (χ3v) is 6.01. The van der Waals surface area contributed by atoms with Gasteiger partial charge in [0.1, 0.15) is 0 Å². The quantitative estimate of drug-likeness (QED) is 0.671. The second-order valence-corrected chi connectivity index (χ2v) is 8.05. The van der Waals surface area contributed by atoms with Crippen LogP contribution in [0, 0.1) is 34.6 Å². The van der Waals surface area contributed by atoms with E-state index in [2.05, 4.69) is 33.2 Å². The molecule has 2 aromatic heterocycles. The molecule has 7 nitrogen and oxygen atoms in total. The van der Waals surface area contributed by atoms with Crippen LogP contribution in [0.3, 0.4) is 0 Å². The first-order valence-electron chi connectivity index (χ1n) is 10.3. The average molecular weight is 405 g/mol. The Labute approximate surface area is 177 Å². The molecule has 1 aliphatic rings. The van der Waals surface area contributed by atoms with Gasteiger partial charge in [0, 0.05) is 37.4 Å². The maximum Gasteiger partial charge on any atom is 0.254 e. The van der Waals surface area contributed by atoms with E-state index in [0.29, 0.717) is 13.1 Å². The molecule has 4 rings (SSSR count). The minimum atomic E-state index is 0.105. The van der Waals surface area contributed by atoms with Gasteiger partial charge in [-0.15, -0.1) is 10.2 Å². The van der Waals surface area contributed by atoms with E-state index >= 15 is 0 Å². The molecule has 0 aliphatic carbocycles. The second kappa shape index (κ2) is 7.89.